The number of aryl methyl sites for hydroxylation is 1. The summed E-state index contributed by atoms with van der Waals surface area (Å²) in [5, 5.41) is 15.8. The average molecular weight is 654 g/mol. The molecule has 2 saturated heterocycles. The molecule has 10 nitrogen and oxygen atoms in total. The van der Waals surface area contributed by atoms with Gasteiger partial charge in [-0.1, -0.05) is 29.9 Å². The summed E-state index contributed by atoms with van der Waals surface area (Å²) in [4.78, 5) is 52.8. The lowest BCUT2D eigenvalue weighted by Crippen LogP contribution is -2.69. The minimum Gasteiger partial charge on any atom is -0.477 e. The smallest absolute Gasteiger partial charge is 0.352 e. The number of β-lactam (4-membered cyclic amide) rings is 1. The summed E-state index contributed by atoms with van der Waals surface area (Å²) in [6, 6.07) is 8.04. The fourth-order valence-corrected chi connectivity index (χ4v) is 5.34. The van der Waals surface area contributed by atoms with E-state index in [-0.39, 0.29) is 23.1 Å². The van der Waals surface area contributed by atoms with Gasteiger partial charge in [0.15, 0.2) is 0 Å². The number of rotatable bonds is 8. The molecule has 4 N–H and O–H groups in total. The Morgan fingerprint density at radius 2 is 1.88 bits per heavy atom. The molecule has 1 aromatic carbocycles. The molecule has 3 amide bonds. The maximum absolute atomic E-state index is 12.4. The molecule has 2 aliphatic heterocycles. The highest BCUT2D eigenvalue weighted by Gasteiger charge is 2.48. The lowest BCUT2D eigenvalue weighted by molar-refractivity contribution is -0.153. The summed E-state index contributed by atoms with van der Waals surface area (Å²) in [5.74, 6) is -1.60. The number of hydrogen-bond donors (Lipinski definition) is 5. The highest BCUT2D eigenvalue weighted by Crippen LogP contribution is 2.30. The van der Waals surface area contributed by atoms with Crippen molar-refractivity contribution in [3.63, 3.8) is 0 Å². The van der Waals surface area contributed by atoms with Crippen molar-refractivity contribution in [2.75, 3.05) is 37.7 Å². The van der Waals surface area contributed by atoms with Gasteiger partial charge in [-0.2, -0.15) is 12.6 Å². The van der Waals surface area contributed by atoms with E-state index in [4.69, 9.17) is 23.8 Å². The Morgan fingerprint density at radius 3 is 2.36 bits per heavy atom. The van der Waals surface area contributed by atoms with Crippen LogP contribution in [0, 0.1) is 11.4 Å². The van der Waals surface area contributed by atoms with Crippen LogP contribution in [-0.2, 0) is 19.2 Å². The van der Waals surface area contributed by atoms with Crippen LogP contribution in [0.5, 0.6) is 0 Å². The van der Waals surface area contributed by atoms with Gasteiger partial charge in [0.05, 0.1) is 16.8 Å². The summed E-state index contributed by atoms with van der Waals surface area (Å²) in [6.45, 7) is 8.87. The molecule has 2 aromatic rings. The minimum atomic E-state index is -1.18. The second-order valence-electron chi connectivity index (χ2n) is 9.44. The molecule has 0 saturated carbocycles. The molecular formula is C28H36ClN5O5S3. The molecule has 4 rings (SSSR count). The van der Waals surface area contributed by atoms with E-state index < -0.39 is 24.0 Å². The van der Waals surface area contributed by atoms with Crippen LogP contribution < -0.4 is 10.6 Å². The number of piperazine rings is 1. The Morgan fingerprint density at radius 1 is 1.24 bits per heavy atom. The number of hydrogen-bond acceptors (Lipinski definition) is 8. The number of H-pyrrole nitrogens is 1. The quantitative estimate of drug-likeness (QED) is 0.0730. The number of halogens is 1. The topological polar surface area (TPSA) is 135 Å². The fraction of sp³-hybridized carbons (Fsp3) is 0.393. The summed E-state index contributed by atoms with van der Waals surface area (Å²) >= 11 is 16.3. The Hall–Kier alpha value is -2.84. The number of benzene rings is 1. The zero-order chi connectivity index (χ0) is 31.2. The van der Waals surface area contributed by atoms with Crippen molar-refractivity contribution in [1.82, 2.24) is 25.4 Å². The number of aromatic amines is 1. The van der Waals surface area contributed by atoms with Crippen LogP contribution in [0.3, 0.4) is 0 Å². The second kappa shape index (κ2) is 18.0. The first-order valence-electron chi connectivity index (χ1n) is 13.1. The van der Waals surface area contributed by atoms with Gasteiger partial charge in [0, 0.05) is 53.7 Å². The first-order valence-corrected chi connectivity index (χ1v) is 15.5. The zero-order valence-electron chi connectivity index (χ0n) is 23.6. The number of amides is 3. The maximum atomic E-state index is 12.4. The first-order chi connectivity index (χ1) is 20.0. The SMILES string of the molecule is C/C(CS)=C(\C(=O)O)N1C(=O)[C@@H](NC(=O)CSc2cc(C)ccc2Cl)[C@H]1C.O=CN1CCNCC1.S=c1cc[nH]cc1. The van der Waals surface area contributed by atoms with Crippen molar-refractivity contribution in [2.24, 2.45) is 0 Å². The number of thioether (sulfide) groups is 1. The lowest BCUT2D eigenvalue weighted by atomic mass is 9.94. The normalized spacial score (nSPS) is 18.3. The Kier molecular flexibility index (Phi) is 15.1. The number of aromatic nitrogens is 1. The number of thiol groups is 1. The van der Waals surface area contributed by atoms with Crippen molar-refractivity contribution >= 4 is 72.4 Å². The molecule has 0 spiro atoms. The third-order valence-corrected chi connectivity index (χ3v) is 8.47. The molecule has 0 aliphatic carbocycles. The van der Waals surface area contributed by atoms with Crippen LogP contribution in [0.15, 0.2) is 58.9 Å². The largest absolute Gasteiger partial charge is 0.477 e. The van der Waals surface area contributed by atoms with Gasteiger partial charge in [0.25, 0.3) is 5.91 Å². The van der Waals surface area contributed by atoms with Crippen LogP contribution in [0.2, 0.25) is 5.02 Å². The van der Waals surface area contributed by atoms with Crippen LogP contribution >= 0.6 is 48.2 Å². The molecule has 2 fully saturated rings. The van der Waals surface area contributed by atoms with Gasteiger partial charge in [-0.3, -0.25) is 19.3 Å². The number of nitrogens with one attached hydrogen (secondary N) is 3. The van der Waals surface area contributed by atoms with Crippen LogP contribution in [0.25, 0.3) is 0 Å². The van der Waals surface area contributed by atoms with Gasteiger partial charge in [0.1, 0.15) is 11.7 Å². The maximum Gasteiger partial charge on any atom is 0.352 e. The number of carboxylic acids is 1. The number of carbonyl (C=O) groups is 4. The van der Waals surface area contributed by atoms with E-state index in [1.165, 1.54) is 16.7 Å². The number of carbonyl (C=O) groups excluding carboxylic acids is 3. The predicted octanol–water partition coefficient (Wildman–Crippen LogP) is 3.54. The molecule has 2 atom stereocenters. The number of nitrogens with zero attached hydrogens (tertiary/aromatic N) is 2. The predicted molar refractivity (Wildman–Crippen MR) is 171 cm³/mol. The standard InChI is InChI=1S/C18H21ClN2O4S2.C5H10N2O.C5H5NS/c1-9-4-5-12(19)13(6-9)27-8-14(22)20-15-11(3)21(17(15)23)16(18(24)25)10(2)7-26;8-5-7-3-1-6-2-4-7;7-5-1-3-6-4-2-5/h4-6,11,15,26H,7-8H2,1-3H3,(H,20,22)(H,24,25);5-6H,1-4H2;1-4H,(H,6,7)/b16-10-;;/t11-,15+;;/m1../s1. The van der Waals surface area contributed by atoms with Gasteiger partial charge >= 0.3 is 5.97 Å². The molecule has 42 heavy (non-hydrogen) atoms. The molecule has 3 heterocycles. The molecule has 228 valence electrons. The molecule has 0 bridgehead atoms. The lowest BCUT2D eigenvalue weighted by Gasteiger charge is -2.45. The monoisotopic (exact) mass is 653 g/mol. The number of likely N-dealkylation sites (tertiary alicyclic amines) is 1. The Bertz CT molecular complexity index is 1320. The second-order valence-corrected chi connectivity index (χ2v) is 11.6. The highest BCUT2D eigenvalue weighted by atomic mass is 35.5. The van der Waals surface area contributed by atoms with E-state index in [0.717, 1.165) is 47.6 Å². The van der Waals surface area contributed by atoms with Crippen molar-refractivity contribution in [3.05, 3.63) is 69.1 Å². The summed E-state index contributed by atoms with van der Waals surface area (Å²) in [5.41, 5.74) is 1.45. The van der Waals surface area contributed by atoms with Gasteiger partial charge < -0.3 is 25.6 Å². The van der Waals surface area contributed by atoms with E-state index in [2.05, 4.69) is 28.2 Å². The van der Waals surface area contributed by atoms with Gasteiger partial charge in [-0.05, 0) is 56.2 Å². The molecule has 1 aromatic heterocycles. The molecule has 14 heteroatoms. The minimum absolute atomic E-state index is 0.0751. The van der Waals surface area contributed by atoms with Crippen molar-refractivity contribution in [3.8, 4) is 0 Å². The summed E-state index contributed by atoms with van der Waals surface area (Å²) in [6.07, 6.45) is 4.52. The zero-order valence-corrected chi connectivity index (χ0v) is 26.9. The van der Waals surface area contributed by atoms with Crippen LogP contribution in [0.1, 0.15) is 19.4 Å². The van der Waals surface area contributed by atoms with Crippen molar-refractivity contribution in [1.29, 1.82) is 0 Å². The molecule has 2 aliphatic rings. The van der Waals surface area contributed by atoms with E-state index in [9.17, 15) is 24.3 Å². The Balaban J connectivity index is 0.000000330. The number of pyridine rings is 1. The van der Waals surface area contributed by atoms with E-state index in [1.807, 2.05) is 43.6 Å². The summed E-state index contributed by atoms with van der Waals surface area (Å²) < 4.78 is 0.874. The van der Waals surface area contributed by atoms with Crippen LogP contribution in [-0.4, -0.2) is 93.9 Å². The van der Waals surface area contributed by atoms with Gasteiger partial charge in [0.2, 0.25) is 12.3 Å². The Labute approximate surface area is 265 Å². The molecular weight excluding hydrogens is 618 g/mol. The first kappa shape index (κ1) is 35.4. The van der Waals surface area contributed by atoms with Gasteiger partial charge in [-0.15, -0.1) is 11.8 Å². The third kappa shape index (κ3) is 10.8. The third-order valence-electron chi connectivity index (χ3n) is 6.23. The van der Waals surface area contributed by atoms with Crippen molar-refractivity contribution in [2.45, 2.75) is 37.8 Å². The van der Waals surface area contributed by atoms with E-state index in [0.29, 0.717) is 10.6 Å². The van der Waals surface area contributed by atoms with E-state index in [1.54, 1.807) is 24.8 Å². The number of carboxylic acid groups (broad SMARTS) is 1. The fourth-order valence-electron chi connectivity index (χ4n) is 3.92. The van der Waals surface area contributed by atoms with Gasteiger partial charge in [-0.25, -0.2) is 4.79 Å². The average Bonchev–Trinajstić information content (AvgIpc) is 2.99. The molecule has 0 unspecified atom stereocenters. The van der Waals surface area contributed by atoms with E-state index >= 15 is 0 Å². The molecule has 0 radical (unpaired) electrons. The number of aliphatic carboxylic acids is 1. The van der Waals surface area contributed by atoms with Crippen LogP contribution in [0.4, 0.5) is 0 Å². The van der Waals surface area contributed by atoms with Crippen molar-refractivity contribution < 1.29 is 24.3 Å². The highest BCUT2D eigenvalue weighted by molar-refractivity contribution is 8.00. The summed E-state index contributed by atoms with van der Waals surface area (Å²) in [7, 11) is 0.